The number of unbranched alkanes of at least 4 members (excludes halogenated alkanes) is 24. The van der Waals surface area contributed by atoms with Crippen molar-refractivity contribution < 1.29 is 29.4 Å². The van der Waals surface area contributed by atoms with Gasteiger partial charge in [0.2, 0.25) is 0 Å². The van der Waals surface area contributed by atoms with E-state index in [9.17, 15) is 29.4 Å². The SMILES string of the molecule is CCCCCCCCCCCCCCCC(=O)C(C(=O)O)=C(C(=O)O)C(=O)CCCCCCCCCCCCCCC. The first kappa shape index (κ1) is 40.0. The summed E-state index contributed by atoms with van der Waals surface area (Å²) in [5.41, 5.74) is -1.69. The van der Waals surface area contributed by atoms with Gasteiger partial charge >= 0.3 is 11.9 Å². The summed E-state index contributed by atoms with van der Waals surface area (Å²) >= 11 is 0. The number of aliphatic carboxylic acids is 2. The first-order valence-corrected chi connectivity index (χ1v) is 17.6. The van der Waals surface area contributed by atoms with Crippen LogP contribution in [0.1, 0.15) is 194 Å². The molecule has 0 heterocycles. The zero-order valence-electron chi connectivity index (χ0n) is 27.3. The Morgan fingerprint density at radius 2 is 0.524 bits per heavy atom. The van der Waals surface area contributed by atoms with Crippen molar-refractivity contribution in [2.24, 2.45) is 0 Å². The van der Waals surface area contributed by atoms with Gasteiger partial charge in [-0.2, -0.15) is 0 Å². The van der Waals surface area contributed by atoms with Crippen LogP contribution in [0.4, 0.5) is 0 Å². The molecule has 0 saturated carbocycles. The van der Waals surface area contributed by atoms with E-state index in [1.807, 2.05) is 0 Å². The first-order chi connectivity index (χ1) is 20.4. The van der Waals surface area contributed by atoms with Gasteiger partial charge in [0.05, 0.1) is 0 Å². The van der Waals surface area contributed by atoms with E-state index in [1.54, 1.807) is 0 Å². The van der Waals surface area contributed by atoms with Crippen LogP contribution in [0.15, 0.2) is 11.1 Å². The van der Waals surface area contributed by atoms with Gasteiger partial charge in [0.25, 0.3) is 0 Å². The lowest BCUT2D eigenvalue weighted by molar-refractivity contribution is -0.139. The Morgan fingerprint density at radius 1 is 0.333 bits per heavy atom. The average Bonchev–Trinajstić information content (AvgIpc) is 2.95. The van der Waals surface area contributed by atoms with Crippen LogP contribution in [0.2, 0.25) is 0 Å². The van der Waals surface area contributed by atoms with Crippen molar-refractivity contribution >= 4 is 23.5 Å². The van der Waals surface area contributed by atoms with Crippen molar-refractivity contribution in [1.29, 1.82) is 0 Å². The Hall–Kier alpha value is -1.98. The van der Waals surface area contributed by atoms with Crippen molar-refractivity contribution in [1.82, 2.24) is 0 Å². The maximum atomic E-state index is 12.7. The number of carbonyl (C=O) groups is 4. The van der Waals surface area contributed by atoms with Crippen LogP contribution < -0.4 is 0 Å². The number of carbonyl (C=O) groups excluding carboxylic acids is 2. The minimum Gasteiger partial charge on any atom is -0.478 e. The molecular formula is C36H64O6. The summed E-state index contributed by atoms with van der Waals surface area (Å²) in [5, 5.41) is 19.2. The van der Waals surface area contributed by atoms with Crippen LogP contribution in [-0.4, -0.2) is 33.7 Å². The number of carboxylic acids is 2. The number of carboxylic acid groups (broad SMARTS) is 2. The molecule has 0 atom stereocenters. The molecule has 0 aromatic carbocycles. The molecule has 244 valence electrons. The number of Topliss-reactive ketones (excluding diaryl/α,β-unsaturated/α-hetero) is 2. The number of hydrogen-bond acceptors (Lipinski definition) is 4. The molecule has 0 amide bonds. The highest BCUT2D eigenvalue weighted by Gasteiger charge is 2.30. The summed E-state index contributed by atoms with van der Waals surface area (Å²) in [5.74, 6) is -4.74. The number of rotatable bonds is 32. The maximum Gasteiger partial charge on any atom is 0.340 e. The van der Waals surface area contributed by atoms with Gasteiger partial charge in [0, 0.05) is 12.8 Å². The fourth-order valence-electron chi connectivity index (χ4n) is 5.59. The fourth-order valence-corrected chi connectivity index (χ4v) is 5.59. The molecular weight excluding hydrogens is 528 g/mol. The Bertz CT molecular complexity index is 692. The maximum absolute atomic E-state index is 12.7. The van der Waals surface area contributed by atoms with Crippen LogP contribution in [0, 0.1) is 0 Å². The third-order valence-electron chi connectivity index (χ3n) is 8.25. The highest BCUT2D eigenvalue weighted by atomic mass is 16.4. The fraction of sp³-hybridized carbons (Fsp3) is 0.833. The topological polar surface area (TPSA) is 109 Å². The second kappa shape index (κ2) is 29.1. The summed E-state index contributed by atoms with van der Waals surface area (Å²) < 4.78 is 0. The molecule has 0 unspecified atom stereocenters. The summed E-state index contributed by atoms with van der Waals surface area (Å²) in [6, 6.07) is 0. The quantitative estimate of drug-likeness (QED) is 0.0348. The van der Waals surface area contributed by atoms with Crippen molar-refractivity contribution in [3.8, 4) is 0 Å². The van der Waals surface area contributed by atoms with E-state index in [-0.39, 0.29) is 12.8 Å². The van der Waals surface area contributed by atoms with E-state index in [2.05, 4.69) is 13.8 Å². The van der Waals surface area contributed by atoms with Gasteiger partial charge < -0.3 is 10.2 Å². The van der Waals surface area contributed by atoms with Crippen molar-refractivity contribution in [3.63, 3.8) is 0 Å². The standard InChI is InChI=1S/C36H64O6/c1-3-5-7-9-11-13-15-17-19-21-23-25-27-29-31(37)33(35(39)40)34(36(41)42)32(38)30-28-26-24-22-20-18-16-14-12-10-8-6-4-2/h3-30H2,1-2H3,(H,39,40)(H,41,42). The van der Waals surface area contributed by atoms with E-state index in [0.717, 1.165) is 38.5 Å². The van der Waals surface area contributed by atoms with Gasteiger partial charge in [-0.05, 0) is 12.8 Å². The molecule has 0 aromatic heterocycles. The summed E-state index contributed by atoms with van der Waals surface area (Å²) in [4.78, 5) is 49.0. The summed E-state index contributed by atoms with van der Waals surface area (Å²) in [7, 11) is 0. The van der Waals surface area contributed by atoms with Gasteiger partial charge in [-0.25, -0.2) is 9.59 Å². The van der Waals surface area contributed by atoms with E-state index in [4.69, 9.17) is 0 Å². The number of hydrogen-bond donors (Lipinski definition) is 2. The lowest BCUT2D eigenvalue weighted by Crippen LogP contribution is -2.23. The number of ketones is 2. The van der Waals surface area contributed by atoms with Gasteiger partial charge in [-0.3, -0.25) is 9.59 Å². The summed E-state index contributed by atoms with van der Waals surface area (Å²) in [6.07, 6.45) is 29.8. The van der Waals surface area contributed by atoms with Gasteiger partial charge in [0.15, 0.2) is 11.6 Å². The smallest absolute Gasteiger partial charge is 0.340 e. The van der Waals surface area contributed by atoms with Crippen LogP contribution in [-0.2, 0) is 19.2 Å². The van der Waals surface area contributed by atoms with Crippen LogP contribution in [0.5, 0.6) is 0 Å². The highest BCUT2D eigenvalue weighted by Crippen LogP contribution is 2.19. The highest BCUT2D eigenvalue weighted by molar-refractivity contribution is 6.30. The molecule has 0 bridgehead atoms. The monoisotopic (exact) mass is 592 g/mol. The second-order valence-corrected chi connectivity index (χ2v) is 12.2. The Balaban J connectivity index is 4.25. The minimum absolute atomic E-state index is 0.0395. The normalized spacial score (nSPS) is 11.9. The Morgan fingerprint density at radius 3 is 0.714 bits per heavy atom. The third kappa shape index (κ3) is 22.6. The zero-order chi connectivity index (χ0) is 31.3. The molecule has 0 fully saturated rings. The van der Waals surface area contributed by atoms with E-state index < -0.39 is 34.7 Å². The first-order valence-electron chi connectivity index (χ1n) is 17.6. The minimum atomic E-state index is -1.62. The van der Waals surface area contributed by atoms with Gasteiger partial charge in [-0.1, -0.05) is 168 Å². The molecule has 6 heteroatoms. The molecule has 0 aliphatic rings. The van der Waals surface area contributed by atoms with E-state index in [1.165, 1.54) is 116 Å². The van der Waals surface area contributed by atoms with Crippen LogP contribution in [0.3, 0.4) is 0 Å². The molecule has 0 aliphatic heterocycles. The molecule has 2 N–H and O–H groups in total. The third-order valence-corrected chi connectivity index (χ3v) is 8.25. The molecule has 0 spiro atoms. The largest absolute Gasteiger partial charge is 0.478 e. The van der Waals surface area contributed by atoms with Crippen molar-refractivity contribution in [2.75, 3.05) is 0 Å². The van der Waals surface area contributed by atoms with Gasteiger partial charge in [0.1, 0.15) is 11.1 Å². The Kier molecular flexibility index (Phi) is 27.7. The lowest BCUT2D eigenvalue weighted by atomic mass is 9.94. The molecule has 0 aliphatic carbocycles. The Labute approximate surface area is 257 Å². The molecule has 0 radical (unpaired) electrons. The second-order valence-electron chi connectivity index (χ2n) is 12.2. The molecule has 0 rings (SSSR count). The zero-order valence-corrected chi connectivity index (χ0v) is 27.3. The average molecular weight is 593 g/mol. The predicted octanol–water partition coefficient (Wildman–Crippen LogP) is 10.6. The van der Waals surface area contributed by atoms with Crippen LogP contribution in [0.25, 0.3) is 0 Å². The van der Waals surface area contributed by atoms with Crippen molar-refractivity contribution in [2.45, 2.75) is 194 Å². The van der Waals surface area contributed by atoms with Crippen LogP contribution >= 0.6 is 0 Å². The molecule has 42 heavy (non-hydrogen) atoms. The predicted molar refractivity (Wildman–Crippen MR) is 173 cm³/mol. The molecule has 0 saturated heterocycles. The van der Waals surface area contributed by atoms with Gasteiger partial charge in [-0.15, -0.1) is 0 Å². The summed E-state index contributed by atoms with van der Waals surface area (Å²) in [6.45, 7) is 4.46. The van der Waals surface area contributed by atoms with E-state index in [0.29, 0.717) is 12.8 Å². The molecule has 6 nitrogen and oxygen atoms in total. The van der Waals surface area contributed by atoms with Crippen molar-refractivity contribution in [3.05, 3.63) is 11.1 Å². The molecule has 0 aromatic rings. The van der Waals surface area contributed by atoms with E-state index >= 15 is 0 Å². The lowest BCUT2D eigenvalue weighted by Gasteiger charge is -2.08.